The maximum Gasteiger partial charge on any atom is 0.0562 e. The fourth-order valence-corrected chi connectivity index (χ4v) is 4.10. The molecule has 0 aliphatic carbocycles. The van der Waals surface area contributed by atoms with E-state index in [9.17, 15) is 0 Å². The molecule has 25 heavy (non-hydrogen) atoms. The van der Waals surface area contributed by atoms with Gasteiger partial charge in [0.25, 0.3) is 0 Å². The number of fused-ring (bicyclic) bond motifs is 5. The molecule has 0 radical (unpaired) electrons. The van der Waals surface area contributed by atoms with Gasteiger partial charge in [0.15, 0.2) is 0 Å². The average Bonchev–Trinajstić information content (AvgIpc) is 2.96. The number of hydrogen-bond donors (Lipinski definition) is 0. The summed E-state index contributed by atoms with van der Waals surface area (Å²) in [5.74, 6) is 0. The molecule has 1 nitrogen and oxygen atoms in total. The van der Waals surface area contributed by atoms with Gasteiger partial charge in [-0.05, 0) is 35.7 Å². The van der Waals surface area contributed by atoms with Gasteiger partial charge in [0.1, 0.15) is 0 Å². The quantitative estimate of drug-likeness (QED) is 0.296. The molecule has 0 atom stereocenters. The maximum absolute atomic E-state index is 6.61. The Balaban J connectivity index is 2.10. The van der Waals surface area contributed by atoms with Crippen LogP contribution in [-0.2, 0) is 0 Å². The highest BCUT2D eigenvalue weighted by Crippen LogP contribution is 2.40. The standard InChI is InChI=1S/C22H13Cl2N/c23-14-10-11-18-20(12-14)25(15-6-2-1-3-7-15)21-13-19(24)16-8-4-5-9-17(16)22(18)21/h1-13H. The van der Waals surface area contributed by atoms with Gasteiger partial charge in [-0.1, -0.05) is 71.7 Å². The first kappa shape index (κ1) is 14.8. The smallest absolute Gasteiger partial charge is 0.0562 e. The van der Waals surface area contributed by atoms with Crippen LogP contribution < -0.4 is 0 Å². The highest BCUT2D eigenvalue weighted by molar-refractivity contribution is 6.39. The van der Waals surface area contributed by atoms with Crippen molar-refractivity contribution in [3.63, 3.8) is 0 Å². The Bertz CT molecular complexity index is 1250. The van der Waals surface area contributed by atoms with Crippen LogP contribution in [0.5, 0.6) is 0 Å². The molecule has 1 aromatic heterocycles. The summed E-state index contributed by atoms with van der Waals surface area (Å²) < 4.78 is 2.23. The predicted molar refractivity (Wildman–Crippen MR) is 108 cm³/mol. The van der Waals surface area contributed by atoms with Crippen LogP contribution in [0, 0.1) is 0 Å². The zero-order chi connectivity index (χ0) is 17.0. The molecule has 1 heterocycles. The second-order valence-electron chi connectivity index (χ2n) is 6.13. The minimum Gasteiger partial charge on any atom is -0.309 e. The largest absolute Gasteiger partial charge is 0.309 e. The zero-order valence-electron chi connectivity index (χ0n) is 13.2. The Morgan fingerprint density at radius 3 is 2.12 bits per heavy atom. The summed E-state index contributed by atoms with van der Waals surface area (Å²) >= 11 is 12.9. The van der Waals surface area contributed by atoms with Gasteiger partial charge < -0.3 is 4.57 Å². The van der Waals surface area contributed by atoms with Gasteiger partial charge in [0, 0.05) is 26.9 Å². The number of benzene rings is 4. The molecule has 0 bridgehead atoms. The van der Waals surface area contributed by atoms with Crippen LogP contribution >= 0.6 is 23.2 Å². The number of nitrogens with zero attached hydrogens (tertiary/aromatic N) is 1. The summed E-state index contributed by atoms with van der Waals surface area (Å²) in [6.45, 7) is 0. The molecule has 0 saturated carbocycles. The fourth-order valence-electron chi connectivity index (χ4n) is 3.66. The van der Waals surface area contributed by atoms with Crippen LogP contribution in [0.1, 0.15) is 0 Å². The maximum atomic E-state index is 6.61. The van der Waals surface area contributed by atoms with E-state index in [2.05, 4.69) is 47.0 Å². The lowest BCUT2D eigenvalue weighted by molar-refractivity contribution is 1.18. The fraction of sp³-hybridized carbons (Fsp3) is 0. The van der Waals surface area contributed by atoms with Crippen molar-refractivity contribution in [3.8, 4) is 5.69 Å². The minimum atomic E-state index is 0.725. The van der Waals surface area contributed by atoms with Crippen molar-refractivity contribution in [2.24, 2.45) is 0 Å². The average molecular weight is 362 g/mol. The van der Waals surface area contributed by atoms with Crippen LogP contribution in [0.3, 0.4) is 0 Å². The third-order valence-electron chi connectivity index (χ3n) is 4.70. The molecule has 4 aromatic carbocycles. The molecule has 0 spiro atoms. The van der Waals surface area contributed by atoms with Crippen molar-refractivity contribution in [2.75, 3.05) is 0 Å². The Labute approximate surface area is 155 Å². The van der Waals surface area contributed by atoms with E-state index in [0.29, 0.717) is 0 Å². The number of aromatic nitrogens is 1. The van der Waals surface area contributed by atoms with E-state index < -0.39 is 0 Å². The van der Waals surface area contributed by atoms with Crippen molar-refractivity contribution in [3.05, 3.63) is 88.9 Å². The number of para-hydroxylation sites is 1. The van der Waals surface area contributed by atoms with Gasteiger partial charge in [-0.3, -0.25) is 0 Å². The molecule has 0 saturated heterocycles. The van der Waals surface area contributed by atoms with E-state index >= 15 is 0 Å². The van der Waals surface area contributed by atoms with Crippen LogP contribution in [0.25, 0.3) is 38.3 Å². The summed E-state index contributed by atoms with van der Waals surface area (Å²) in [7, 11) is 0. The lowest BCUT2D eigenvalue weighted by Crippen LogP contribution is -1.93. The molecule has 0 amide bonds. The Hall–Kier alpha value is -2.48. The lowest BCUT2D eigenvalue weighted by Gasteiger charge is -2.09. The van der Waals surface area contributed by atoms with Crippen LogP contribution in [0.15, 0.2) is 78.9 Å². The van der Waals surface area contributed by atoms with E-state index in [1.54, 1.807) is 0 Å². The van der Waals surface area contributed by atoms with E-state index in [1.807, 2.05) is 36.4 Å². The Morgan fingerprint density at radius 2 is 1.32 bits per heavy atom. The van der Waals surface area contributed by atoms with E-state index in [-0.39, 0.29) is 0 Å². The van der Waals surface area contributed by atoms with Crippen LogP contribution in [-0.4, -0.2) is 4.57 Å². The zero-order valence-corrected chi connectivity index (χ0v) is 14.7. The Morgan fingerprint density at radius 1 is 0.600 bits per heavy atom. The molecular formula is C22H13Cl2N. The molecule has 0 aliphatic rings. The molecule has 5 aromatic rings. The predicted octanol–water partition coefficient (Wildman–Crippen LogP) is 7.24. The summed E-state index contributed by atoms with van der Waals surface area (Å²) in [6.07, 6.45) is 0. The molecule has 5 rings (SSSR count). The molecule has 0 N–H and O–H groups in total. The SMILES string of the molecule is Clc1ccc2c3c4ccccc4c(Cl)cc3n(-c3ccccc3)c2c1. The number of halogens is 2. The van der Waals surface area contributed by atoms with E-state index in [1.165, 1.54) is 10.8 Å². The highest BCUT2D eigenvalue weighted by atomic mass is 35.5. The third kappa shape index (κ3) is 2.17. The van der Waals surface area contributed by atoms with Crippen molar-refractivity contribution in [1.29, 1.82) is 0 Å². The first-order valence-corrected chi connectivity index (χ1v) is 8.86. The topological polar surface area (TPSA) is 4.93 Å². The number of rotatable bonds is 1. The highest BCUT2D eigenvalue weighted by Gasteiger charge is 2.16. The van der Waals surface area contributed by atoms with Crippen molar-refractivity contribution in [1.82, 2.24) is 4.57 Å². The molecule has 120 valence electrons. The second kappa shape index (κ2) is 5.52. The minimum absolute atomic E-state index is 0.725. The summed E-state index contributed by atoms with van der Waals surface area (Å²) in [5, 5.41) is 6.09. The normalized spacial score (nSPS) is 11.6. The van der Waals surface area contributed by atoms with Gasteiger partial charge in [-0.25, -0.2) is 0 Å². The molecular weight excluding hydrogens is 349 g/mol. The molecule has 0 aliphatic heterocycles. The van der Waals surface area contributed by atoms with Gasteiger partial charge in [-0.15, -0.1) is 0 Å². The molecule has 0 fully saturated rings. The van der Waals surface area contributed by atoms with Crippen molar-refractivity contribution >= 4 is 55.8 Å². The molecule has 0 unspecified atom stereocenters. The van der Waals surface area contributed by atoms with Gasteiger partial charge in [-0.2, -0.15) is 0 Å². The Kier molecular flexibility index (Phi) is 3.27. The summed E-state index contributed by atoms with van der Waals surface area (Å²) in [5.41, 5.74) is 3.27. The molecule has 3 heteroatoms. The first-order valence-electron chi connectivity index (χ1n) is 8.10. The van der Waals surface area contributed by atoms with E-state index in [0.717, 1.165) is 37.5 Å². The second-order valence-corrected chi connectivity index (χ2v) is 6.97. The summed E-state index contributed by atoms with van der Waals surface area (Å²) in [6, 6.07) is 26.7. The number of hydrogen-bond acceptors (Lipinski definition) is 0. The van der Waals surface area contributed by atoms with Gasteiger partial charge in [0.2, 0.25) is 0 Å². The lowest BCUT2D eigenvalue weighted by atomic mass is 10.0. The van der Waals surface area contributed by atoms with Crippen molar-refractivity contribution < 1.29 is 0 Å². The third-order valence-corrected chi connectivity index (χ3v) is 5.25. The van der Waals surface area contributed by atoms with E-state index in [4.69, 9.17) is 23.2 Å². The van der Waals surface area contributed by atoms with Gasteiger partial charge >= 0.3 is 0 Å². The van der Waals surface area contributed by atoms with Crippen molar-refractivity contribution in [2.45, 2.75) is 0 Å². The van der Waals surface area contributed by atoms with Crippen LogP contribution in [0.2, 0.25) is 10.0 Å². The summed E-state index contributed by atoms with van der Waals surface area (Å²) in [4.78, 5) is 0. The van der Waals surface area contributed by atoms with Crippen LogP contribution in [0.4, 0.5) is 0 Å². The van der Waals surface area contributed by atoms with Gasteiger partial charge in [0.05, 0.1) is 16.1 Å². The monoisotopic (exact) mass is 361 g/mol. The first-order chi connectivity index (χ1) is 12.2.